The number of carbonyl (C=O) groups excluding carboxylic acids is 2. The van der Waals surface area contributed by atoms with E-state index < -0.39 is 28.5 Å². The Bertz CT molecular complexity index is 1880. The Morgan fingerprint density at radius 3 is 2.10 bits per heavy atom. The van der Waals surface area contributed by atoms with Crippen molar-refractivity contribution in [1.82, 2.24) is 10.2 Å². The minimum atomic E-state index is -4.49. The number of aryl methyl sites for hydroxylation is 1. The van der Waals surface area contributed by atoms with Crippen molar-refractivity contribution >= 4 is 27.5 Å². The maximum absolute atomic E-state index is 14.9. The van der Waals surface area contributed by atoms with Gasteiger partial charge in [-0.1, -0.05) is 67.9 Å². The molecule has 0 saturated carbocycles. The van der Waals surface area contributed by atoms with Gasteiger partial charge in [0.25, 0.3) is 10.0 Å². The molecule has 1 atom stereocenters. The Labute approximate surface area is 301 Å². The van der Waals surface area contributed by atoms with E-state index in [-0.39, 0.29) is 41.0 Å². The fraction of sp³-hybridized carbons (Fsp3) is 0.333. The molecular formula is C39H47N3O8S. The fourth-order valence-electron chi connectivity index (χ4n) is 5.64. The highest BCUT2D eigenvalue weighted by Crippen LogP contribution is 2.38. The summed E-state index contributed by atoms with van der Waals surface area (Å²) in [5.74, 6) is 0.132. The molecular weight excluding hydrogens is 671 g/mol. The average molecular weight is 718 g/mol. The second-order valence-electron chi connectivity index (χ2n) is 11.9. The van der Waals surface area contributed by atoms with Gasteiger partial charge in [0.05, 0.1) is 39.0 Å². The number of nitrogens with one attached hydrogen (secondary N) is 1. The van der Waals surface area contributed by atoms with Gasteiger partial charge in [0.2, 0.25) is 11.8 Å². The summed E-state index contributed by atoms with van der Waals surface area (Å²) in [6.45, 7) is 3.79. The molecule has 4 aromatic carbocycles. The predicted molar refractivity (Wildman–Crippen MR) is 197 cm³/mol. The molecule has 0 saturated heterocycles. The molecule has 11 nitrogen and oxygen atoms in total. The lowest BCUT2D eigenvalue weighted by molar-refractivity contribution is -0.140. The average Bonchev–Trinajstić information content (AvgIpc) is 3.15. The van der Waals surface area contributed by atoms with Crippen molar-refractivity contribution in [2.75, 3.05) is 45.8 Å². The van der Waals surface area contributed by atoms with Crippen LogP contribution < -0.4 is 28.6 Å². The summed E-state index contributed by atoms with van der Waals surface area (Å²) >= 11 is 0. The van der Waals surface area contributed by atoms with E-state index in [9.17, 15) is 18.0 Å². The number of carbonyl (C=O) groups is 2. The van der Waals surface area contributed by atoms with Crippen LogP contribution in [0, 0.1) is 6.92 Å². The van der Waals surface area contributed by atoms with Crippen molar-refractivity contribution in [2.24, 2.45) is 0 Å². The monoisotopic (exact) mass is 717 g/mol. The number of unbranched alkanes of at least 4 members (excludes halogenated alkanes) is 1. The minimum Gasteiger partial charge on any atom is -0.497 e. The van der Waals surface area contributed by atoms with E-state index >= 15 is 0 Å². The van der Waals surface area contributed by atoms with Crippen molar-refractivity contribution in [3.63, 3.8) is 0 Å². The minimum absolute atomic E-state index is 0.0592. The number of ether oxygens (including phenoxy) is 4. The Hall–Kier alpha value is -5.23. The number of anilines is 1. The van der Waals surface area contributed by atoms with E-state index in [2.05, 4.69) is 5.32 Å². The van der Waals surface area contributed by atoms with Crippen LogP contribution >= 0.6 is 0 Å². The molecule has 2 amide bonds. The summed E-state index contributed by atoms with van der Waals surface area (Å²) in [5, 5.41) is 3.01. The van der Waals surface area contributed by atoms with Crippen LogP contribution in [0.25, 0.3) is 0 Å². The lowest BCUT2D eigenvalue weighted by Crippen LogP contribution is -2.53. The largest absolute Gasteiger partial charge is 0.497 e. The summed E-state index contributed by atoms with van der Waals surface area (Å²) in [4.78, 5) is 30.2. The predicted octanol–water partition coefficient (Wildman–Crippen LogP) is 5.78. The lowest BCUT2D eigenvalue weighted by Gasteiger charge is -2.34. The molecule has 1 N–H and O–H groups in total. The molecule has 0 aromatic heterocycles. The molecule has 0 spiro atoms. The summed E-state index contributed by atoms with van der Waals surface area (Å²) in [6.07, 6.45) is 1.85. The van der Waals surface area contributed by atoms with Crippen LogP contribution in [0.3, 0.4) is 0 Å². The highest BCUT2D eigenvalue weighted by Gasteiger charge is 2.36. The molecule has 4 rings (SSSR count). The van der Waals surface area contributed by atoms with Gasteiger partial charge in [0.1, 0.15) is 24.1 Å². The smallest absolute Gasteiger partial charge is 0.265 e. The summed E-state index contributed by atoms with van der Waals surface area (Å²) in [7, 11) is 1.24. The van der Waals surface area contributed by atoms with Gasteiger partial charge in [-0.25, -0.2) is 8.42 Å². The summed E-state index contributed by atoms with van der Waals surface area (Å²) < 4.78 is 52.2. The van der Waals surface area contributed by atoms with E-state index in [0.717, 1.165) is 33.8 Å². The number of methoxy groups -OCH3 is 4. The van der Waals surface area contributed by atoms with Crippen LogP contribution in [0.15, 0.2) is 95.9 Å². The highest BCUT2D eigenvalue weighted by molar-refractivity contribution is 7.92. The van der Waals surface area contributed by atoms with E-state index in [4.69, 9.17) is 18.9 Å². The normalized spacial score (nSPS) is 11.6. The van der Waals surface area contributed by atoms with Crippen molar-refractivity contribution in [3.8, 4) is 23.0 Å². The Balaban J connectivity index is 1.89. The van der Waals surface area contributed by atoms with Crippen molar-refractivity contribution in [1.29, 1.82) is 0 Å². The zero-order valence-corrected chi connectivity index (χ0v) is 30.9. The Morgan fingerprint density at radius 2 is 1.45 bits per heavy atom. The third-order valence-electron chi connectivity index (χ3n) is 8.58. The van der Waals surface area contributed by atoms with Crippen LogP contribution in [-0.2, 0) is 32.6 Å². The molecule has 0 aliphatic rings. The Morgan fingerprint density at radius 1 is 0.784 bits per heavy atom. The SMILES string of the molecule is CCCCNC(=O)C(Cc1ccccc1)N(Cc1ccccc1C)C(=O)CN(c1cc(OC)ccc1OC)S(=O)(=O)c1ccc(OC)c(OC)c1. The number of hydrogen-bond acceptors (Lipinski definition) is 8. The Kier molecular flexibility index (Phi) is 13.7. The molecule has 0 radical (unpaired) electrons. The van der Waals surface area contributed by atoms with E-state index in [0.29, 0.717) is 18.0 Å². The number of amides is 2. The maximum atomic E-state index is 14.9. The first-order chi connectivity index (χ1) is 24.6. The van der Waals surface area contributed by atoms with Crippen LogP contribution in [0.4, 0.5) is 5.69 Å². The summed E-state index contributed by atoms with van der Waals surface area (Å²) in [6, 6.07) is 25.0. The second kappa shape index (κ2) is 18.1. The van der Waals surface area contributed by atoms with Crippen LogP contribution in [0.2, 0.25) is 0 Å². The number of rotatable bonds is 18. The molecule has 51 heavy (non-hydrogen) atoms. The van der Waals surface area contributed by atoms with E-state index in [1.165, 1.54) is 57.6 Å². The number of sulfonamides is 1. The van der Waals surface area contributed by atoms with E-state index in [1.807, 2.05) is 68.4 Å². The van der Waals surface area contributed by atoms with Crippen molar-refractivity contribution < 1.29 is 37.0 Å². The molecule has 4 aromatic rings. The lowest BCUT2D eigenvalue weighted by atomic mass is 10.0. The first-order valence-electron chi connectivity index (χ1n) is 16.7. The van der Waals surface area contributed by atoms with Crippen LogP contribution in [-0.4, -0.2) is 72.7 Å². The summed E-state index contributed by atoms with van der Waals surface area (Å²) in [5.41, 5.74) is 2.66. The quantitative estimate of drug-likeness (QED) is 0.129. The third kappa shape index (κ3) is 9.52. The van der Waals surface area contributed by atoms with Gasteiger partial charge in [-0.15, -0.1) is 0 Å². The van der Waals surface area contributed by atoms with Crippen molar-refractivity contribution in [3.05, 3.63) is 108 Å². The number of nitrogens with zero attached hydrogens (tertiary/aromatic N) is 2. The molecule has 272 valence electrons. The first-order valence-corrected chi connectivity index (χ1v) is 18.1. The highest BCUT2D eigenvalue weighted by atomic mass is 32.2. The standard InChI is InChI=1S/C39H47N3O8S/c1-7-8-22-40-39(44)34(23-29-15-10-9-11-16-29)41(26-30-17-13-12-14-28(30)2)38(43)27-42(33-24-31(47-3)18-20-35(33)48-4)51(45,46)32-19-21-36(49-5)37(25-32)50-6/h9-21,24-25,34H,7-8,22-23,26-27H2,1-6H3,(H,40,44). The van der Waals surface area contributed by atoms with Gasteiger partial charge in [-0.05, 0) is 54.3 Å². The second-order valence-corrected chi connectivity index (χ2v) is 13.7. The van der Waals surface area contributed by atoms with Crippen LogP contribution in [0.5, 0.6) is 23.0 Å². The molecule has 0 aliphatic heterocycles. The topological polar surface area (TPSA) is 124 Å². The van der Waals surface area contributed by atoms with Gasteiger partial charge in [0, 0.05) is 31.6 Å². The number of benzene rings is 4. The third-order valence-corrected chi connectivity index (χ3v) is 10.3. The molecule has 1 unspecified atom stereocenters. The van der Waals surface area contributed by atoms with Crippen LogP contribution in [0.1, 0.15) is 36.5 Å². The molecule has 12 heteroatoms. The molecule has 0 aliphatic carbocycles. The van der Waals surface area contributed by atoms with Crippen molar-refractivity contribution in [2.45, 2.75) is 50.6 Å². The maximum Gasteiger partial charge on any atom is 0.265 e. The molecule has 0 bridgehead atoms. The van der Waals surface area contributed by atoms with Gasteiger partial charge < -0.3 is 29.2 Å². The number of hydrogen-bond donors (Lipinski definition) is 1. The van der Waals surface area contributed by atoms with Gasteiger partial charge in [0.15, 0.2) is 11.5 Å². The molecule has 0 heterocycles. The van der Waals surface area contributed by atoms with E-state index in [1.54, 1.807) is 12.1 Å². The molecule has 0 fully saturated rings. The van der Waals surface area contributed by atoms with Gasteiger partial charge >= 0.3 is 0 Å². The fourth-order valence-corrected chi connectivity index (χ4v) is 7.07. The zero-order valence-electron chi connectivity index (χ0n) is 30.0. The van der Waals surface area contributed by atoms with Gasteiger partial charge in [-0.2, -0.15) is 0 Å². The first kappa shape index (κ1) is 38.6. The van der Waals surface area contributed by atoms with Gasteiger partial charge in [-0.3, -0.25) is 13.9 Å². The zero-order chi connectivity index (χ0) is 37.0.